The molecule has 1 N–H and O–H groups in total. The Kier molecular flexibility index (Phi) is 5.13. The SMILES string of the molecule is O=C(c1ccc(-c2ccc3c(ccn3C(=O)Nc3ccccc3)c2)cc1)C1CCCC1. The smallest absolute Gasteiger partial charge is 0.307 e. The van der Waals surface area contributed by atoms with E-state index in [-0.39, 0.29) is 17.7 Å². The highest BCUT2D eigenvalue weighted by Crippen LogP contribution is 2.30. The number of amides is 1. The van der Waals surface area contributed by atoms with Gasteiger partial charge in [0.15, 0.2) is 5.78 Å². The lowest BCUT2D eigenvalue weighted by molar-refractivity contribution is 0.0923. The fraction of sp³-hybridized carbons (Fsp3) is 0.185. The number of nitrogens with zero attached hydrogens (tertiary/aromatic N) is 1. The van der Waals surface area contributed by atoms with Gasteiger partial charge in [0.05, 0.1) is 5.52 Å². The topological polar surface area (TPSA) is 51.1 Å². The fourth-order valence-electron chi connectivity index (χ4n) is 4.46. The molecular formula is C27H24N2O2. The molecule has 0 aliphatic heterocycles. The van der Waals surface area contributed by atoms with Crippen molar-refractivity contribution in [3.05, 3.63) is 90.6 Å². The molecule has 0 spiro atoms. The Morgan fingerprint density at radius 3 is 2.26 bits per heavy atom. The summed E-state index contributed by atoms with van der Waals surface area (Å²) in [4.78, 5) is 25.3. The molecule has 1 aromatic heterocycles. The molecule has 0 bridgehead atoms. The molecule has 1 aliphatic carbocycles. The third-order valence-electron chi connectivity index (χ3n) is 6.16. The van der Waals surface area contributed by atoms with Crippen LogP contribution in [0.4, 0.5) is 10.5 Å². The second-order valence-corrected chi connectivity index (χ2v) is 8.18. The summed E-state index contributed by atoms with van der Waals surface area (Å²) in [6, 6.07) is 25.2. The zero-order valence-electron chi connectivity index (χ0n) is 17.3. The Morgan fingerprint density at radius 2 is 1.52 bits per heavy atom. The minimum atomic E-state index is -0.191. The van der Waals surface area contributed by atoms with Gasteiger partial charge < -0.3 is 5.32 Å². The maximum absolute atomic E-state index is 12.7. The lowest BCUT2D eigenvalue weighted by Gasteiger charge is -2.10. The second kappa shape index (κ2) is 8.23. The predicted molar refractivity (Wildman–Crippen MR) is 125 cm³/mol. The number of aromatic nitrogens is 1. The van der Waals surface area contributed by atoms with Gasteiger partial charge in [0.1, 0.15) is 0 Å². The number of anilines is 1. The minimum absolute atomic E-state index is 0.191. The number of hydrogen-bond donors (Lipinski definition) is 1. The van der Waals surface area contributed by atoms with E-state index in [1.165, 1.54) is 0 Å². The number of rotatable bonds is 4. The monoisotopic (exact) mass is 408 g/mol. The molecule has 0 radical (unpaired) electrons. The number of para-hydroxylation sites is 1. The van der Waals surface area contributed by atoms with E-state index >= 15 is 0 Å². The Balaban J connectivity index is 1.37. The van der Waals surface area contributed by atoms with Crippen molar-refractivity contribution in [2.45, 2.75) is 25.7 Å². The van der Waals surface area contributed by atoms with Gasteiger partial charge >= 0.3 is 6.03 Å². The van der Waals surface area contributed by atoms with E-state index < -0.39 is 0 Å². The van der Waals surface area contributed by atoms with Crippen molar-refractivity contribution in [3.63, 3.8) is 0 Å². The van der Waals surface area contributed by atoms with Crippen LogP contribution in [0.5, 0.6) is 0 Å². The molecule has 1 heterocycles. The lowest BCUT2D eigenvalue weighted by Crippen LogP contribution is -2.18. The molecule has 0 atom stereocenters. The van der Waals surface area contributed by atoms with Gasteiger partial charge in [0.25, 0.3) is 0 Å². The van der Waals surface area contributed by atoms with Crippen LogP contribution in [0.1, 0.15) is 36.0 Å². The van der Waals surface area contributed by atoms with Gasteiger partial charge in [0, 0.05) is 28.8 Å². The molecule has 4 heteroatoms. The molecule has 0 saturated heterocycles. The second-order valence-electron chi connectivity index (χ2n) is 8.18. The van der Waals surface area contributed by atoms with Crippen LogP contribution in [0.25, 0.3) is 22.0 Å². The Morgan fingerprint density at radius 1 is 0.806 bits per heavy atom. The Bertz CT molecular complexity index is 1230. The van der Waals surface area contributed by atoms with Crippen LogP contribution < -0.4 is 5.32 Å². The molecule has 1 saturated carbocycles. The van der Waals surface area contributed by atoms with E-state index in [1.54, 1.807) is 10.8 Å². The van der Waals surface area contributed by atoms with Crippen molar-refractivity contribution >= 4 is 28.4 Å². The van der Waals surface area contributed by atoms with Crippen LogP contribution in [0, 0.1) is 5.92 Å². The zero-order valence-corrected chi connectivity index (χ0v) is 17.3. The van der Waals surface area contributed by atoms with Gasteiger partial charge in [-0.2, -0.15) is 0 Å². The van der Waals surface area contributed by atoms with E-state index in [1.807, 2.05) is 72.8 Å². The highest BCUT2D eigenvalue weighted by atomic mass is 16.2. The number of benzene rings is 3. The Labute approximate surface area is 181 Å². The minimum Gasteiger partial charge on any atom is -0.307 e. The maximum atomic E-state index is 12.7. The van der Waals surface area contributed by atoms with Crippen molar-refractivity contribution in [3.8, 4) is 11.1 Å². The predicted octanol–water partition coefficient (Wildman–Crippen LogP) is 6.76. The van der Waals surface area contributed by atoms with Crippen molar-refractivity contribution < 1.29 is 9.59 Å². The summed E-state index contributed by atoms with van der Waals surface area (Å²) in [6.07, 6.45) is 6.16. The van der Waals surface area contributed by atoms with Gasteiger partial charge in [0.2, 0.25) is 0 Å². The number of nitrogens with one attached hydrogen (secondary N) is 1. The number of fused-ring (bicyclic) bond motifs is 1. The maximum Gasteiger partial charge on any atom is 0.330 e. The number of Topliss-reactive ketones (excluding diaryl/α,β-unsaturated/α-hetero) is 1. The third kappa shape index (κ3) is 3.89. The van der Waals surface area contributed by atoms with Crippen LogP contribution in [0.2, 0.25) is 0 Å². The largest absolute Gasteiger partial charge is 0.330 e. The quantitative estimate of drug-likeness (QED) is 0.379. The summed E-state index contributed by atoms with van der Waals surface area (Å²) < 4.78 is 1.62. The number of hydrogen-bond acceptors (Lipinski definition) is 2. The molecule has 5 rings (SSSR count). The third-order valence-corrected chi connectivity index (χ3v) is 6.16. The van der Waals surface area contributed by atoms with E-state index in [0.29, 0.717) is 0 Å². The van der Waals surface area contributed by atoms with E-state index in [2.05, 4.69) is 11.4 Å². The van der Waals surface area contributed by atoms with E-state index in [9.17, 15) is 9.59 Å². The molecule has 4 nitrogen and oxygen atoms in total. The van der Waals surface area contributed by atoms with E-state index in [4.69, 9.17) is 0 Å². The molecule has 1 amide bonds. The van der Waals surface area contributed by atoms with Crippen LogP contribution in [-0.4, -0.2) is 16.4 Å². The summed E-state index contributed by atoms with van der Waals surface area (Å²) >= 11 is 0. The first-order valence-electron chi connectivity index (χ1n) is 10.8. The van der Waals surface area contributed by atoms with Gasteiger partial charge in [-0.3, -0.25) is 9.36 Å². The van der Waals surface area contributed by atoms with Crippen molar-refractivity contribution in [2.75, 3.05) is 5.32 Å². The normalized spacial score (nSPS) is 14.1. The number of carbonyl (C=O) groups is 2. The highest BCUT2D eigenvalue weighted by molar-refractivity contribution is 6.00. The summed E-state index contributed by atoms with van der Waals surface area (Å²) in [6.45, 7) is 0. The van der Waals surface area contributed by atoms with Crippen LogP contribution in [-0.2, 0) is 0 Å². The molecule has 31 heavy (non-hydrogen) atoms. The van der Waals surface area contributed by atoms with Gasteiger partial charge in [-0.15, -0.1) is 0 Å². The van der Waals surface area contributed by atoms with Crippen LogP contribution >= 0.6 is 0 Å². The molecule has 0 unspecified atom stereocenters. The molecule has 3 aromatic carbocycles. The van der Waals surface area contributed by atoms with Crippen molar-refractivity contribution in [1.82, 2.24) is 4.57 Å². The van der Waals surface area contributed by atoms with Crippen molar-refractivity contribution in [2.24, 2.45) is 5.92 Å². The van der Waals surface area contributed by atoms with E-state index in [0.717, 1.165) is 59.0 Å². The fourth-order valence-corrected chi connectivity index (χ4v) is 4.46. The number of ketones is 1. The standard InChI is InChI=1S/C27H24N2O2/c30-26(20-6-4-5-7-20)21-12-10-19(11-13-21)22-14-15-25-23(18-22)16-17-29(25)27(31)28-24-8-2-1-3-9-24/h1-3,8-18,20H,4-7H2,(H,28,31). The van der Waals surface area contributed by atoms with Crippen molar-refractivity contribution in [1.29, 1.82) is 0 Å². The first kappa shape index (κ1) is 19.3. The molecule has 1 fully saturated rings. The summed E-state index contributed by atoms with van der Waals surface area (Å²) in [5.41, 5.74) is 4.55. The van der Waals surface area contributed by atoms with Gasteiger partial charge in [-0.1, -0.05) is 61.4 Å². The molecule has 4 aromatic rings. The first-order valence-corrected chi connectivity index (χ1v) is 10.8. The molecule has 154 valence electrons. The highest BCUT2D eigenvalue weighted by Gasteiger charge is 2.23. The lowest BCUT2D eigenvalue weighted by atomic mass is 9.94. The average Bonchev–Trinajstić information content (AvgIpc) is 3.49. The summed E-state index contributed by atoms with van der Waals surface area (Å²) in [7, 11) is 0. The first-order chi connectivity index (χ1) is 15.2. The van der Waals surface area contributed by atoms with Crippen LogP contribution in [0.15, 0.2) is 85.1 Å². The van der Waals surface area contributed by atoms with Crippen LogP contribution in [0.3, 0.4) is 0 Å². The zero-order chi connectivity index (χ0) is 21.2. The number of carbonyl (C=O) groups excluding carboxylic acids is 2. The van der Waals surface area contributed by atoms with Gasteiger partial charge in [-0.25, -0.2) is 4.79 Å². The summed E-state index contributed by atoms with van der Waals surface area (Å²) in [5, 5.41) is 3.91. The Hall–Kier alpha value is -3.66. The summed E-state index contributed by atoms with van der Waals surface area (Å²) in [5.74, 6) is 0.477. The average molecular weight is 409 g/mol. The van der Waals surface area contributed by atoms with Gasteiger partial charge in [-0.05, 0) is 54.3 Å². The molecular weight excluding hydrogens is 384 g/mol. The molecule has 1 aliphatic rings.